The maximum Gasteiger partial charge on any atom is 0.136 e. The number of hydrogen-bond acceptors (Lipinski definition) is 2. The summed E-state index contributed by atoms with van der Waals surface area (Å²) in [5, 5.41) is 9.54. The monoisotopic (exact) mass is 230 g/mol. The van der Waals surface area contributed by atoms with Gasteiger partial charge in [-0.15, -0.1) is 6.42 Å². The zero-order chi connectivity index (χ0) is 13.0. The topological polar surface area (TPSA) is 29.5 Å². The maximum atomic E-state index is 9.54. The van der Waals surface area contributed by atoms with Crippen LogP contribution in [0.3, 0.4) is 0 Å². The van der Waals surface area contributed by atoms with Gasteiger partial charge < -0.3 is 9.84 Å². The van der Waals surface area contributed by atoms with E-state index in [9.17, 15) is 5.11 Å². The molecule has 1 rings (SSSR count). The molecule has 0 amide bonds. The van der Waals surface area contributed by atoms with Crippen molar-refractivity contribution < 1.29 is 9.84 Å². The molecule has 1 unspecified atom stereocenters. The Balaban J connectivity index is 3.21. The molecule has 0 aromatic heterocycles. The van der Waals surface area contributed by atoms with E-state index in [0.29, 0.717) is 0 Å². The summed E-state index contributed by atoms with van der Waals surface area (Å²) in [5.41, 5.74) is 4.05. The summed E-state index contributed by atoms with van der Waals surface area (Å²) in [6, 6.07) is 3.93. The molecule has 1 aromatic carbocycles. The fourth-order valence-electron chi connectivity index (χ4n) is 1.72. The molecule has 0 heterocycles. The van der Waals surface area contributed by atoms with Crippen LogP contribution in [-0.4, -0.2) is 18.3 Å². The van der Waals surface area contributed by atoms with E-state index in [2.05, 4.69) is 5.92 Å². The van der Waals surface area contributed by atoms with Crippen LogP contribution in [0.1, 0.15) is 23.6 Å². The first-order valence-electron chi connectivity index (χ1n) is 5.47. The van der Waals surface area contributed by atoms with Crippen LogP contribution in [0.15, 0.2) is 17.7 Å². The van der Waals surface area contributed by atoms with E-state index in [-0.39, 0.29) is 0 Å². The van der Waals surface area contributed by atoms with Crippen LogP contribution < -0.4 is 4.74 Å². The molecule has 17 heavy (non-hydrogen) atoms. The van der Waals surface area contributed by atoms with Gasteiger partial charge >= 0.3 is 0 Å². The second-order valence-electron chi connectivity index (χ2n) is 4.13. The van der Waals surface area contributed by atoms with E-state index in [0.717, 1.165) is 28.0 Å². The molecular weight excluding hydrogens is 212 g/mol. The molecule has 90 valence electrons. The largest absolute Gasteiger partial charge is 0.497 e. The van der Waals surface area contributed by atoms with Crippen molar-refractivity contribution in [1.82, 2.24) is 0 Å². The number of methoxy groups -OCH3 is 1. The molecule has 0 bridgehead atoms. The minimum atomic E-state index is -0.823. The molecule has 2 nitrogen and oxygen atoms in total. The van der Waals surface area contributed by atoms with Crippen molar-refractivity contribution in [2.45, 2.75) is 26.9 Å². The average Bonchev–Trinajstić information content (AvgIpc) is 2.31. The quantitative estimate of drug-likeness (QED) is 0.809. The maximum absolute atomic E-state index is 9.54. The normalized spacial score (nSPS) is 13.1. The Hall–Kier alpha value is -1.72. The first kappa shape index (κ1) is 13.3. The summed E-state index contributed by atoms with van der Waals surface area (Å²) in [6.07, 6.45) is 6.29. The number of terminal acetylenes is 1. The fraction of sp³-hybridized carbons (Fsp3) is 0.333. The molecule has 2 heteroatoms. The van der Waals surface area contributed by atoms with Gasteiger partial charge in [-0.25, -0.2) is 0 Å². The van der Waals surface area contributed by atoms with Crippen molar-refractivity contribution in [3.63, 3.8) is 0 Å². The molecule has 1 aromatic rings. The molecule has 0 aliphatic carbocycles. The number of aliphatic hydroxyl groups excluding tert-OH is 1. The lowest BCUT2D eigenvalue weighted by molar-refractivity contribution is 0.269. The number of ether oxygens (including phenoxy) is 1. The molecule has 0 saturated heterocycles. The van der Waals surface area contributed by atoms with Gasteiger partial charge in [-0.05, 0) is 55.2 Å². The smallest absolute Gasteiger partial charge is 0.136 e. The minimum absolute atomic E-state index is 0.767. The Bertz CT molecular complexity index is 455. The predicted molar refractivity (Wildman–Crippen MR) is 71.0 cm³/mol. The SMILES string of the molecule is C#CC(O)C(C)=Cc1c(C)cc(OC)cc1C. The zero-order valence-electron chi connectivity index (χ0n) is 10.7. The summed E-state index contributed by atoms with van der Waals surface area (Å²) in [6.45, 7) is 5.85. The van der Waals surface area contributed by atoms with Crippen molar-refractivity contribution >= 4 is 6.08 Å². The highest BCUT2D eigenvalue weighted by molar-refractivity contribution is 5.62. The molecule has 0 aliphatic rings. The van der Waals surface area contributed by atoms with Crippen LogP contribution in [0.4, 0.5) is 0 Å². The second-order valence-corrected chi connectivity index (χ2v) is 4.13. The van der Waals surface area contributed by atoms with Crippen LogP contribution in [0.2, 0.25) is 0 Å². The standard InChI is InChI=1S/C15H18O2/c1-6-15(16)12(4)9-14-10(2)7-13(17-5)8-11(14)3/h1,7-9,15-16H,2-5H3. The van der Waals surface area contributed by atoms with Crippen molar-refractivity contribution in [2.24, 2.45) is 0 Å². The van der Waals surface area contributed by atoms with E-state index in [1.165, 1.54) is 0 Å². The van der Waals surface area contributed by atoms with E-state index in [4.69, 9.17) is 11.2 Å². The van der Waals surface area contributed by atoms with Crippen LogP contribution in [-0.2, 0) is 0 Å². The highest BCUT2D eigenvalue weighted by Gasteiger charge is 2.06. The Morgan fingerprint density at radius 3 is 2.35 bits per heavy atom. The van der Waals surface area contributed by atoms with Gasteiger partial charge in [0, 0.05) is 0 Å². The summed E-state index contributed by atoms with van der Waals surface area (Å²) < 4.78 is 5.20. The Kier molecular flexibility index (Phi) is 4.37. The summed E-state index contributed by atoms with van der Waals surface area (Å²) in [4.78, 5) is 0. The van der Waals surface area contributed by atoms with Crippen LogP contribution in [0.25, 0.3) is 6.08 Å². The van der Waals surface area contributed by atoms with E-state index < -0.39 is 6.10 Å². The summed E-state index contributed by atoms with van der Waals surface area (Å²) in [7, 11) is 1.65. The third-order valence-electron chi connectivity index (χ3n) is 2.76. The van der Waals surface area contributed by atoms with Crippen molar-refractivity contribution in [3.05, 3.63) is 34.4 Å². The lowest BCUT2D eigenvalue weighted by Crippen LogP contribution is -2.04. The van der Waals surface area contributed by atoms with Gasteiger partial charge in [0.25, 0.3) is 0 Å². The van der Waals surface area contributed by atoms with Crippen LogP contribution >= 0.6 is 0 Å². The molecule has 0 spiro atoms. The highest BCUT2D eigenvalue weighted by atomic mass is 16.5. The zero-order valence-corrected chi connectivity index (χ0v) is 10.7. The first-order chi connectivity index (χ1) is 7.99. The third-order valence-corrected chi connectivity index (χ3v) is 2.76. The Labute approximate surface area is 103 Å². The van der Waals surface area contributed by atoms with Gasteiger partial charge in [0.05, 0.1) is 7.11 Å². The lowest BCUT2D eigenvalue weighted by atomic mass is 9.99. The average molecular weight is 230 g/mol. The molecule has 0 saturated carbocycles. The molecule has 0 aliphatic heterocycles. The first-order valence-corrected chi connectivity index (χ1v) is 5.47. The molecular formula is C15H18O2. The van der Waals surface area contributed by atoms with Gasteiger partial charge in [0.1, 0.15) is 11.9 Å². The number of aryl methyl sites for hydroxylation is 2. The second kappa shape index (κ2) is 5.56. The van der Waals surface area contributed by atoms with Gasteiger partial charge in [0.15, 0.2) is 0 Å². The fourth-order valence-corrected chi connectivity index (χ4v) is 1.72. The van der Waals surface area contributed by atoms with Crippen molar-refractivity contribution in [2.75, 3.05) is 7.11 Å². The summed E-state index contributed by atoms with van der Waals surface area (Å²) >= 11 is 0. The van der Waals surface area contributed by atoms with Gasteiger partial charge in [-0.3, -0.25) is 0 Å². The van der Waals surface area contributed by atoms with E-state index in [1.54, 1.807) is 7.11 Å². The van der Waals surface area contributed by atoms with E-state index >= 15 is 0 Å². The third kappa shape index (κ3) is 3.12. The Morgan fingerprint density at radius 1 is 1.41 bits per heavy atom. The molecule has 0 fully saturated rings. The molecule has 1 N–H and O–H groups in total. The molecule has 1 atom stereocenters. The van der Waals surface area contributed by atoms with Crippen LogP contribution in [0, 0.1) is 26.2 Å². The van der Waals surface area contributed by atoms with Gasteiger partial charge in [0.2, 0.25) is 0 Å². The minimum Gasteiger partial charge on any atom is -0.497 e. The summed E-state index contributed by atoms with van der Waals surface area (Å²) in [5.74, 6) is 3.15. The number of aliphatic hydroxyl groups is 1. The van der Waals surface area contributed by atoms with E-state index in [1.807, 2.05) is 39.0 Å². The Morgan fingerprint density at radius 2 is 1.94 bits per heavy atom. The molecule has 0 radical (unpaired) electrons. The van der Waals surface area contributed by atoms with Gasteiger partial charge in [-0.1, -0.05) is 12.0 Å². The lowest BCUT2D eigenvalue weighted by Gasteiger charge is -2.11. The highest BCUT2D eigenvalue weighted by Crippen LogP contribution is 2.24. The number of benzene rings is 1. The van der Waals surface area contributed by atoms with Crippen molar-refractivity contribution in [1.29, 1.82) is 0 Å². The van der Waals surface area contributed by atoms with Crippen molar-refractivity contribution in [3.8, 4) is 18.1 Å². The van der Waals surface area contributed by atoms with Gasteiger partial charge in [-0.2, -0.15) is 0 Å². The number of hydrogen-bond donors (Lipinski definition) is 1. The predicted octanol–water partition coefficient (Wildman–Crippen LogP) is 2.71. The van der Waals surface area contributed by atoms with Crippen LogP contribution in [0.5, 0.6) is 5.75 Å². The number of rotatable bonds is 3.